The van der Waals surface area contributed by atoms with Gasteiger partial charge in [0, 0.05) is 17.2 Å². The van der Waals surface area contributed by atoms with Crippen molar-refractivity contribution in [2.75, 3.05) is 14.1 Å². The molecule has 0 spiro atoms. The number of nitro benzene ring substituents is 1. The van der Waals surface area contributed by atoms with E-state index in [1.165, 1.54) is 0 Å². The lowest BCUT2D eigenvalue weighted by Crippen LogP contribution is -2.55. The van der Waals surface area contributed by atoms with E-state index in [0.29, 0.717) is 0 Å². The second kappa shape index (κ2) is 7.16. The summed E-state index contributed by atoms with van der Waals surface area (Å²) < 4.78 is 0. The van der Waals surface area contributed by atoms with Gasteiger partial charge >= 0.3 is 0 Å². The van der Waals surface area contributed by atoms with E-state index in [-0.39, 0.29) is 35.2 Å². The van der Waals surface area contributed by atoms with Gasteiger partial charge in [0.05, 0.1) is 22.4 Å². The van der Waals surface area contributed by atoms with Crippen molar-refractivity contribution in [2.45, 2.75) is 18.9 Å². The molecular formula is C21H21N3O8. The van der Waals surface area contributed by atoms with Crippen LogP contribution in [0.1, 0.15) is 17.5 Å². The quantitative estimate of drug-likeness (QED) is 0.226. The molecule has 0 bridgehead atoms. The van der Waals surface area contributed by atoms with Crippen LogP contribution in [0, 0.1) is 27.9 Å². The third kappa shape index (κ3) is 2.81. The lowest BCUT2D eigenvalue weighted by atomic mass is 9.59. The first-order chi connectivity index (χ1) is 15.0. The fraction of sp³-hybridized carbons (Fsp3) is 0.381. The fourth-order valence-electron chi connectivity index (χ4n) is 5.42. The molecule has 1 aromatic rings. The van der Waals surface area contributed by atoms with E-state index in [9.17, 15) is 39.8 Å². The van der Waals surface area contributed by atoms with Gasteiger partial charge in [-0.15, -0.1) is 0 Å². The molecule has 0 radical (unpaired) electrons. The molecule has 5 N–H and O–H groups in total. The van der Waals surface area contributed by atoms with Crippen LogP contribution in [0.25, 0.3) is 5.76 Å². The van der Waals surface area contributed by atoms with Gasteiger partial charge in [-0.1, -0.05) is 0 Å². The number of nitro groups is 1. The number of aliphatic hydroxyl groups excluding tert-OH is 2. The summed E-state index contributed by atoms with van der Waals surface area (Å²) in [5.41, 5.74) is 4.11. The van der Waals surface area contributed by atoms with Gasteiger partial charge in [-0.2, -0.15) is 0 Å². The van der Waals surface area contributed by atoms with Crippen LogP contribution in [-0.2, 0) is 20.8 Å². The molecule has 32 heavy (non-hydrogen) atoms. The summed E-state index contributed by atoms with van der Waals surface area (Å²) in [7, 11) is 3.22. The van der Waals surface area contributed by atoms with Crippen molar-refractivity contribution in [3.8, 4) is 5.75 Å². The Kier molecular flexibility index (Phi) is 4.81. The minimum absolute atomic E-state index is 0.0180. The van der Waals surface area contributed by atoms with Gasteiger partial charge in [-0.3, -0.25) is 29.4 Å². The SMILES string of the molecule is CN(C)[C@@H]1C(O)=C(C(N)=O)C(=O)C2C(=O)C3=C(O)c4c(O)ccc([N+](=O)[O-])c4CC3CC21. The largest absolute Gasteiger partial charge is 0.510 e. The zero-order chi connectivity index (χ0) is 23.6. The predicted molar refractivity (Wildman–Crippen MR) is 109 cm³/mol. The van der Waals surface area contributed by atoms with Crippen molar-refractivity contribution in [3.63, 3.8) is 0 Å². The van der Waals surface area contributed by atoms with E-state index in [1.54, 1.807) is 19.0 Å². The smallest absolute Gasteiger partial charge is 0.273 e. The first kappa shape index (κ1) is 21.5. The number of allylic oxidation sites excluding steroid dienone is 1. The monoisotopic (exact) mass is 443 g/mol. The minimum Gasteiger partial charge on any atom is -0.510 e. The molecule has 11 heteroatoms. The maximum absolute atomic E-state index is 13.5. The van der Waals surface area contributed by atoms with Gasteiger partial charge in [-0.25, -0.2) is 0 Å². The molecule has 3 aliphatic rings. The Morgan fingerprint density at radius 1 is 1.19 bits per heavy atom. The van der Waals surface area contributed by atoms with Gasteiger partial charge < -0.3 is 21.1 Å². The van der Waals surface area contributed by atoms with Crippen LogP contribution in [0.15, 0.2) is 29.0 Å². The predicted octanol–water partition coefficient (Wildman–Crippen LogP) is 0.757. The zero-order valence-corrected chi connectivity index (χ0v) is 17.2. The summed E-state index contributed by atoms with van der Waals surface area (Å²) in [6.07, 6.45) is 0.114. The van der Waals surface area contributed by atoms with Gasteiger partial charge in [-0.05, 0) is 44.8 Å². The van der Waals surface area contributed by atoms with E-state index in [2.05, 4.69) is 0 Å². The molecule has 0 aliphatic heterocycles. The van der Waals surface area contributed by atoms with Crippen molar-refractivity contribution in [3.05, 3.63) is 50.3 Å². The molecule has 0 heterocycles. The zero-order valence-electron chi connectivity index (χ0n) is 17.2. The first-order valence-electron chi connectivity index (χ1n) is 9.87. The third-order valence-electron chi connectivity index (χ3n) is 6.62. The molecule has 1 amide bonds. The summed E-state index contributed by atoms with van der Waals surface area (Å²) in [5, 5.41) is 43.3. The van der Waals surface area contributed by atoms with E-state index < -0.39 is 69.0 Å². The number of amides is 1. The van der Waals surface area contributed by atoms with E-state index in [4.69, 9.17) is 5.73 Å². The molecule has 168 valence electrons. The van der Waals surface area contributed by atoms with E-state index in [0.717, 1.165) is 12.1 Å². The first-order valence-corrected chi connectivity index (χ1v) is 9.87. The maximum Gasteiger partial charge on any atom is 0.273 e. The Labute approximate surface area is 181 Å². The van der Waals surface area contributed by atoms with Crippen LogP contribution >= 0.6 is 0 Å². The number of benzene rings is 1. The molecule has 3 aliphatic carbocycles. The van der Waals surface area contributed by atoms with Crippen LogP contribution < -0.4 is 5.73 Å². The Morgan fingerprint density at radius 2 is 1.84 bits per heavy atom. The highest BCUT2D eigenvalue weighted by Gasteiger charge is 2.56. The highest BCUT2D eigenvalue weighted by Crippen LogP contribution is 2.51. The second-order valence-electron chi connectivity index (χ2n) is 8.52. The van der Waals surface area contributed by atoms with Crippen LogP contribution in [-0.4, -0.2) is 62.8 Å². The van der Waals surface area contributed by atoms with Crippen molar-refractivity contribution in [1.82, 2.24) is 4.90 Å². The van der Waals surface area contributed by atoms with Crippen molar-refractivity contribution in [1.29, 1.82) is 0 Å². The third-order valence-corrected chi connectivity index (χ3v) is 6.62. The normalized spacial score (nSPS) is 27.2. The number of hydrogen-bond acceptors (Lipinski definition) is 9. The number of fused-ring (bicyclic) bond motifs is 3. The van der Waals surface area contributed by atoms with Crippen molar-refractivity contribution >= 4 is 28.9 Å². The molecule has 0 saturated heterocycles. The van der Waals surface area contributed by atoms with Gasteiger partial charge in [0.25, 0.3) is 11.6 Å². The number of nitrogens with two attached hydrogens (primary N) is 1. The summed E-state index contributed by atoms with van der Waals surface area (Å²) in [6.45, 7) is 0. The molecule has 1 fully saturated rings. The van der Waals surface area contributed by atoms with Gasteiger partial charge in [0.1, 0.15) is 22.8 Å². The number of Topliss-reactive ketones (excluding diaryl/α,β-unsaturated/α-hetero) is 2. The Hall–Kier alpha value is -3.73. The number of ketones is 2. The van der Waals surface area contributed by atoms with Crippen LogP contribution in [0.3, 0.4) is 0 Å². The molecule has 4 atom stereocenters. The maximum atomic E-state index is 13.5. The number of likely N-dealkylation sites (N-methyl/N-ethyl adjacent to an activating group) is 1. The lowest BCUT2D eigenvalue weighted by molar-refractivity contribution is -0.385. The summed E-state index contributed by atoms with van der Waals surface area (Å²) in [4.78, 5) is 50.8. The molecule has 4 rings (SSSR count). The Bertz CT molecular complexity index is 1170. The average Bonchev–Trinajstić information content (AvgIpc) is 2.66. The fourth-order valence-corrected chi connectivity index (χ4v) is 5.42. The standard InChI is InChI=1S/C21H21N3O8/c1-23(2)16-9-6-7-5-8-10(24(31)32)3-4-11(25)13(8)17(26)12(7)18(27)14(9)19(28)15(20(16)29)21(22)30/h3-4,7,9,14,16,25-26,29H,5-6H2,1-2H3,(H2,22,30)/t7?,9?,14?,16-/m0/s1. The number of primary amides is 1. The van der Waals surface area contributed by atoms with Crippen molar-refractivity contribution < 1.29 is 34.6 Å². The number of aliphatic hydroxyl groups is 2. The number of aromatic hydroxyl groups is 1. The van der Waals surface area contributed by atoms with Crippen LogP contribution in [0.2, 0.25) is 0 Å². The van der Waals surface area contributed by atoms with Crippen LogP contribution in [0.5, 0.6) is 5.75 Å². The van der Waals surface area contributed by atoms with E-state index >= 15 is 0 Å². The summed E-state index contributed by atoms with van der Waals surface area (Å²) >= 11 is 0. The minimum atomic E-state index is -1.36. The number of nitrogens with zero attached hydrogens (tertiary/aromatic N) is 2. The number of carbonyl (C=O) groups is 3. The van der Waals surface area contributed by atoms with Crippen LogP contribution in [0.4, 0.5) is 5.69 Å². The summed E-state index contributed by atoms with van der Waals surface area (Å²) in [6, 6.07) is 1.32. The highest BCUT2D eigenvalue weighted by atomic mass is 16.6. The summed E-state index contributed by atoms with van der Waals surface area (Å²) in [5.74, 6) is -7.18. The topological polar surface area (TPSA) is 184 Å². The van der Waals surface area contributed by atoms with Gasteiger partial charge in [0.15, 0.2) is 11.6 Å². The molecule has 11 nitrogen and oxygen atoms in total. The molecular weight excluding hydrogens is 422 g/mol. The number of phenolic OH excluding ortho intramolecular Hbond substituents is 1. The molecule has 1 saturated carbocycles. The lowest BCUT2D eigenvalue weighted by Gasteiger charge is -2.45. The number of carbonyl (C=O) groups excluding carboxylic acids is 3. The molecule has 1 aromatic carbocycles. The van der Waals surface area contributed by atoms with Crippen molar-refractivity contribution in [2.24, 2.45) is 23.5 Å². The number of hydrogen-bond donors (Lipinski definition) is 4. The second-order valence-corrected chi connectivity index (χ2v) is 8.52. The number of rotatable bonds is 3. The molecule has 3 unspecified atom stereocenters. The van der Waals surface area contributed by atoms with E-state index in [1.807, 2.05) is 0 Å². The Morgan fingerprint density at radius 3 is 2.41 bits per heavy atom. The number of phenols is 1. The molecule has 0 aromatic heterocycles. The average molecular weight is 443 g/mol. The van der Waals surface area contributed by atoms with Gasteiger partial charge in [0.2, 0.25) is 0 Å². The highest BCUT2D eigenvalue weighted by molar-refractivity contribution is 6.28. The Balaban J connectivity index is 1.92.